The molecule has 98 valence electrons. The number of nitrogens with one attached hydrogen (secondary N) is 1. The molecule has 0 aromatic carbocycles. The Bertz CT molecular complexity index is 279. The van der Waals surface area contributed by atoms with Gasteiger partial charge in [-0.1, -0.05) is 6.08 Å². The highest BCUT2D eigenvalue weighted by Gasteiger charge is 2.35. The van der Waals surface area contributed by atoms with Crippen molar-refractivity contribution in [1.82, 2.24) is 10.2 Å². The number of carbonyl (C=O) groups is 1. The molecule has 0 spiro atoms. The highest BCUT2D eigenvalue weighted by molar-refractivity contribution is 5.87. The number of carbonyl (C=O) groups excluding carboxylic acids is 1. The first-order valence-corrected chi connectivity index (χ1v) is 5.87. The minimum absolute atomic E-state index is 0.160. The minimum atomic E-state index is -0.605. The minimum Gasteiger partial charge on any atom is -0.388 e. The van der Waals surface area contributed by atoms with Crippen molar-refractivity contribution in [2.24, 2.45) is 0 Å². The molecule has 1 saturated carbocycles. The summed E-state index contributed by atoms with van der Waals surface area (Å²) in [5.74, 6) is -0.160. The molecule has 0 aromatic heterocycles. The maximum absolute atomic E-state index is 11.6. The summed E-state index contributed by atoms with van der Waals surface area (Å²) in [6.07, 6.45) is 4.08. The zero-order chi connectivity index (χ0) is 12.8. The molecule has 3 atom stereocenters. The van der Waals surface area contributed by atoms with Crippen LogP contribution in [-0.2, 0) is 9.53 Å². The van der Waals surface area contributed by atoms with Crippen molar-refractivity contribution in [3.63, 3.8) is 0 Å². The third-order valence-electron chi connectivity index (χ3n) is 2.93. The first-order valence-electron chi connectivity index (χ1n) is 5.87. The van der Waals surface area contributed by atoms with Crippen LogP contribution in [0.2, 0.25) is 0 Å². The second-order valence-electron chi connectivity index (χ2n) is 4.62. The Morgan fingerprint density at radius 1 is 1.53 bits per heavy atom. The molecule has 0 saturated heterocycles. The number of hydrogen-bond donors (Lipinski definition) is 2. The SMILES string of the molecule is CO[C@@H]1CC[C@@H](NC(=O)/C=C/CN(C)C)[C@H]1O. The van der Waals surface area contributed by atoms with Gasteiger partial charge < -0.3 is 20.1 Å². The van der Waals surface area contributed by atoms with Gasteiger partial charge >= 0.3 is 0 Å². The number of nitrogens with zero attached hydrogens (tertiary/aromatic N) is 1. The third-order valence-corrected chi connectivity index (χ3v) is 2.93. The van der Waals surface area contributed by atoms with Crippen molar-refractivity contribution in [3.05, 3.63) is 12.2 Å². The molecule has 5 nitrogen and oxygen atoms in total. The van der Waals surface area contributed by atoms with Crippen LogP contribution in [-0.4, -0.2) is 61.9 Å². The van der Waals surface area contributed by atoms with Crippen LogP contribution in [0, 0.1) is 0 Å². The van der Waals surface area contributed by atoms with Crippen molar-refractivity contribution in [3.8, 4) is 0 Å². The van der Waals surface area contributed by atoms with Gasteiger partial charge in [-0.2, -0.15) is 0 Å². The number of ether oxygens (including phenoxy) is 1. The van der Waals surface area contributed by atoms with Crippen molar-refractivity contribution in [2.45, 2.75) is 31.1 Å². The van der Waals surface area contributed by atoms with Gasteiger partial charge in [0.25, 0.3) is 0 Å². The monoisotopic (exact) mass is 242 g/mol. The molecule has 5 heteroatoms. The van der Waals surface area contributed by atoms with Gasteiger partial charge in [0.05, 0.1) is 12.1 Å². The fraction of sp³-hybridized carbons (Fsp3) is 0.750. The Morgan fingerprint density at radius 3 is 2.76 bits per heavy atom. The molecule has 1 aliphatic carbocycles. The van der Waals surface area contributed by atoms with Crippen molar-refractivity contribution in [2.75, 3.05) is 27.7 Å². The summed E-state index contributed by atoms with van der Waals surface area (Å²) in [5.41, 5.74) is 0. The molecule has 2 N–H and O–H groups in total. The lowest BCUT2D eigenvalue weighted by molar-refractivity contribution is -0.118. The van der Waals surface area contributed by atoms with E-state index in [9.17, 15) is 9.90 Å². The highest BCUT2D eigenvalue weighted by atomic mass is 16.5. The lowest BCUT2D eigenvalue weighted by Crippen LogP contribution is -2.42. The van der Waals surface area contributed by atoms with E-state index in [1.165, 1.54) is 6.08 Å². The molecular weight excluding hydrogens is 220 g/mol. The highest BCUT2D eigenvalue weighted by Crippen LogP contribution is 2.22. The van der Waals surface area contributed by atoms with Crippen LogP contribution in [0.25, 0.3) is 0 Å². The first kappa shape index (κ1) is 14.2. The van der Waals surface area contributed by atoms with Crippen LogP contribution in [0.4, 0.5) is 0 Å². The summed E-state index contributed by atoms with van der Waals surface area (Å²) in [6.45, 7) is 0.724. The molecule has 0 heterocycles. The Hall–Kier alpha value is -0.910. The Morgan fingerprint density at radius 2 is 2.24 bits per heavy atom. The molecule has 1 aliphatic rings. The van der Waals surface area contributed by atoms with E-state index in [0.717, 1.165) is 19.4 Å². The van der Waals surface area contributed by atoms with Crippen LogP contribution >= 0.6 is 0 Å². The molecule has 17 heavy (non-hydrogen) atoms. The molecule has 0 radical (unpaired) electrons. The fourth-order valence-corrected chi connectivity index (χ4v) is 1.96. The van der Waals surface area contributed by atoms with Gasteiger partial charge in [0, 0.05) is 19.7 Å². The van der Waals surface area contributed by atoms with E-state index in [1.807, 2.05) is 19.0 Å². The van der Waals surface area contributed by atoms with Gasteiger partial charge in [-0.3, -0.25) is 4.79 Å². The quantitative estimate of drug-likeness (QED) is 0.653. The van der Waals surface area contributed by atoms with Crippen LogP contribution in [0.5, 0.6) is 0 Å². The molecule has 0 unspecified atom stereocenters. The zero-order valence-corrected chi connectivity index (χ0v) is 10.7. The zero-order valence-electron chi connectivity index (χ0n) is 10.7. The maximum atomic E-state index is 11.6. The topological polar surface area (TPSA) is 61.8 Å². The number of methoxy groups -OCH3 is 1. The first-order chi connectivity index (χ1) is 8.04. The predicted molar refractivity (Wildman–Crippen MR) is 65.7 cm³/mol. The van der Waals surface area contributed by atoms with E-state index < -0.39 is 6.10 Å². The standard InChI is InChI=1S/C12H22N2O3/c1-14(2)8-4-5-11(15)13-9-6-7-10(17-3)12(9)16/h4-5,9-10,12,16H,6-8H2,1-3H3,(H,13,15)/b5-4+/t9-,10-,12-/m1/s1. The summed E-state index contributed by atoms with van der Waals surface area (Å²) in [7, 11) is 5.45. The van der Waals surface area contributed by atoms with E-state index >= 15 is 0 Å². The average molecular weight is 242 g/mol. The summed E-state index contributed by atoms with van der Waals surface area (Å²) in [5, 5.41) is 12.6. The fourth-order valence-electron chi connectivity index (χ4n) is 1.96. The van der Waals surface area contributed by atoms with E-state index in [2.05, 4.69) is 5.32 Å². The number of hydrogen-bond acceptors (Lipinski definition) is 4. The molecular formula is C12H22N2O3. The Kier molecular flexibility index (Phi) is 5.61. The maximum Gasteiger partial charge on any atom is 0.244 e. The van der Waals surface area contributed by atoms with Crippen LogP contribution in [0.3, 0.4) is 0 Å². The van der Waals surface area contributed by atoms with Crippen molar-refractivity contribution < 1.29 is 14.6 Å². The average Bonchev–Trinajstić information content (AvgIpc) is 2.59. The molecule has 1 amide bonds. The number of aliphatic hydroxyl groups excluding tert-OH is 1. The normalized spacial score (nSPS) is 29.1. The van der Waals surface area contributed by atoms with E-state index in [0.29, 0.717) is 0 Å². The largest absolute Gasteiger partial charge is 0.388 e. The smallest absolute Gasteiger partial charge is 0.244 e. The second-order valence-corrected chi connectivity index (χ2v) is 4.62. The van der Waals surface area contributed by atoms with Gasteiger partial charge in [-0.25, -0.2) is 0 Å². The summed E-state index contributed by atoms with van der Waals surface area (Å²) in [6, 6.07) is -0.198. The number of rotatable bonds is 5. The Balaban J connectivity index is 2.34. The third kappa shape index (κ3) is 4.46. The van der Waals surface area contributed by atoms with E-state index in [-0.39, 0.29) is 18.1 Å². The number of amides is 1. The molecule has 0 aliphatic heterocycles. The van der Waals surface area contributed by atoms with Crippen molar-refractivity contribution in [1.29, 1.82) is 0 Å². The lowest BCUT2D eigenvalue weighted by atomic mass is 10.2. The van der Waals surface area contributed by atoms with Crippen LogP contribution in [0.15, 0.2) is 12.2 Å². The van der Waals surface area contributed by atoms with E-state index in [4.69, 9.17) is 4.74 Å². The molecule has 1 fully saturated rings. The van der Waals surface area contributed by atoms with Gasteiger partial charge in [-0.15, -0.1) is 0 Å². The van der Waals surface area contributed by atoms with Gasteiger partial charge in [-0.05, 0) is 26.9 Å². The second kappa shape index (κ2) is 6.74. The van der Waals surface area contributed by atoms with Crippen LogP contribution < -0.4 is 5.32 Å². The van der Waals surface area contributed by atoms with Crippen molar-refractivity contribution >= 4 is 5.91 Å². The lowest BCUT2D eigenvalue weighted by Gasteiger charge is -2.18. The van der Waals surface area contributed by atoms with Gasteiger partial charge in [0.15, 0.2) is 0 Å². The molecule has 0 aromatic rings. The summed E-state index contributed by atoms with van der Waals surface area (Å²) in [4.78, 5) is 13.5. The Labute approximate surface area is 102 Å². The predicted octanol–water partition coefficient (Wildman–Crippen LogP) is -0.241. The van der Waals surface area contributed by atoms with Gasteiger partial charge in [0.1, 0.15) is 6.10 Å². The van der Waals surface area contributed by atoms with Crippen LogP contribution in [0.1, 0.15) is 12.8 Å². The summed E-state index contributed by atoms with van der Waals surface area (Å²) < 4.78 is 5.12. The summed E-state index contributed by atoms with van der Waals surface area (Å²) >= 11 is 0. The molecule has 1 rings (SSSR count). The van der Waals surface area contributed by atoms with E-state index in [1.54, 1.807) is 13.2 Å². The van der Waals surface area contributed by atoms with Gasteiger partial charge in [0.2, 0.25) is 5.91 Å². The number of likely N-dealkylation sites (N-methyl/N-ethyl adjacent to an activating group) is 1. The molecule has 0 bridgehead atoms. The number of aliphatic hydroxyl groups is 1.